The van der Waals surface area contributed by atoms with Gasteiger partial charge in [-0.05, 0) is 39.7 Å². The highest BCUT2D eigenvalue weighted by atomic mass is 16.1. The van der Waals surface area contributed by atoms with Gasteiger partial charge in [0.15, 0.2) is 0 Å². The van der Waals surface area contributed by atoms with Crippen molar-refractivity contribution in [3.8, 4) is 6.07 Å². The molecule has 1 aromatic rings. The van der Waals surface area contributed by atoms with Gasteiger partial charge in [-0.25, -0.2) is 0 Å². The Hall–Kier alpha value is -1.56. The van der Waals surface area contributed by atoms with E-state index in [1.54, 1.807) is 16.7 Å². The minimum Gasteiger partial charge on any atom is -0.313 e. The van der Waals surface area contributed by atoms with Gasteiger partial charge in [0.2, 0.25) is 0 Å². The molecule has 0 unspecified atom stereocenters. The van der Waals surface area contributed by atoms with Crippen LogP contribution in [0, 0.1) is 23.7 Å². The number of nitrogens with zero attached hydrogens (tertiary/aromatic N) is 2. The third-order valence-corrected chi connectivity index (χ3v) is 2.75. The molecule has 0 bridgehead atoms. The highest BCUT2D eigenvalue weighted by Gasteiger charge is 2.15. The summed E-state index contributed by atoms with van der Waals surface area (Å²) in [5.74, 6) is 0. The van der Waals surface area contributed by atoms with Crippen LogP contribution in [-0.2, 0) is 6.54 Å². The molecular formula is C13H18N2O. The van der Waals surface area contributed by atoms with Crippen molar-refractivity contribution < 1.29 is 0 Å². The van der Waals surface area contributed by atoms with E-state index >= 15 is 0 Å². The SMILES string of the molecule is Cc1cccc(=O)n1CCCC(C)(C)C#N. The number of hydrogen-bond acceptors (Lipinski definition) is 2. The van der Waals surface area contributed by atoms with Gasteiger partial charge < -0.3 is 4.57 Å². The summed E-state index contributed by atoms with van der Waals surface area (Å²) in [4.78, 5) is 11.6. The maximum Gasteiger partial charge on any atom is 0.250 e. The quantitative estimate of drug-likeness (QED) is 0.779. The molecule has 3 heteroatoms. The molecule has 0 fully saturated rings. The van der Waals surface area contributed by atoms with Crippen molar-refractivity contribution in [3.63, 3.8) is 0 Å². The zero-order chi connectivity index (χ0) is 12.2. The van der Waals surface area contributed by atoms with Crippen LogP contribution >= 0.6 is 0 Å². The second kappa shape index (κ2) is 4.98. The summed E-state index contributed by atoms with van der Waals surface area (Å²) in [7, 11) is 0. The molecule has 0 saturated carbocycles. The van der Waals surface area contributed by atoms with Gasteiger partial charge in [0.05, 0.1) is 11.5 Å². The lowest BCUT2D eigenvalue weighted by molar-refractivity contribution is 0.411. The summed E-state index contributed by atoms with van der Waals surface area (Å²) in [6.07, 6.45) is 1.66. The smallest absolute Gasteiger partial charge is 0.250 e. The second-order valence-electron chi connectivity index (χ2n) is 4.76. The van der Waals surface area contributed by atoms with Crippen molar-refractivity contribution >= 4 is 0 Å². The number of nitriles is 1. The van der Waals surface area contributed by atoms with Crippen LogP contribution < -0.4 is 5.56 Å². The lowest BCUT2D eigenvalue weighted by Gasteiger charge is -2.15. The lowest BCUT2D eigenvalue weighted by Crippen LogP contribution is -2.21. The molecule has 1 rings (SSSR count). The maximum absolute atomic E-state index is 11.6. The van der Waals surface area contributed by atoms with Crippen molar-refractivity contribution in [2.24, 2.45) is 5.41 Å². The highest BCUT2D eigenvalue weighted by molar-refractivity contribution is 5.04. The van der Waals surface area contributed by atoms with E-state index in [9.17, 15) is 4.79 Å². The van der Waals surface area contributed by atoms with Gasteiger partial charge in [-0.2, -0.15) is 5.26 Å². The zero-order valence-electron chi connectivity index (χ0n) is 10.2. The van der Waals surface area contributed by atoms with Crippen LogP contribution in [0.3, 0.4) is 0 Å². The first kappa shape index (κ1) is 12.5. The molecule has 0 aromatic carbocycles. The monoisotopic (exact) mass is 218 g/mol. The van der Waals surface area contributed by atoms with E-state index in [0.29, 0.717) is 6.54 Å². The van der Waals surface area contributed by atoms with Crippen LogP contribution in [0.4, 0.5) is 0 Å². The number of hydrogen-bond donors (Lipinski definition) is 0. The molecule has 0 N–H and O–H groups in total. The lowest BCUT2D eigenvalue weighted by atomic mass is 9.90. The minimum atomic E-state index is -0.299. The predicted octanol–water partition coefficient (Wildman–Crippen LogP) is 2.49. The standard InChI is InChI=1S/C13H18N2O/c1-11-6-4-7-12(16)15(11)9-5-8-13(2,3)10-14/h4,6-7H,5,8-9H2,1-3H3. The summed E-state index contributed by atoms with van der Waals surface area (Å²) >= 11 is 0. The van der Waals surface area contributed by atoms with Gasteiger partial charge in [-0.3, -0.25) is 4.79 Å². The molecule has 0 aliphatic rings. The first-order chi connectivity index (χ1) is 7.46. The van der Waals surface area contributed by atoms with E-state index in [2.05, 4.69) is 6.07 Å². The van der Waals surface area contributed by atoms with Gasteiger partial charge in [0.25, 0.3) is 5.56 Å². The molecule has 0 atom stereocenters. The van der Waals surface area contributed by atoms with Crippen molar-refractivity contribution in [3.05, 3.63) is 34.2 Å². The van der Waals surface area contributed by atoms with Gasteiger partial charge in [0.1, 0.15) is 0 Å². The topological polar surface area (TPSA) is 45.8 Å². The predicted molar refractivity (Wildman–Crippen MR) is 64.1 cm³/mol. The van der Waals surface area contributed by atoms with Gasteiger partial charge in [-0.1, -0.05) is 6.07 Å². The average molecular weight is 218 g/mol. The van der Waals surface area contributed by atoms with E-state index < -0.39 is 0 Å². The van der Waals surface area contributed by atoms with Crippen LogP contribution in [0.15, 0.2) is 23.0 Å². The third kappa shape index (κ3) is 3.23. The Labute approximate surface area is 96.3 Å². The average Bonchev–Trinajstić information content (AvgIpc) is 2.22. The number of aromatic nitrogens is 1. The van der Waals surface area contributed by atoms with Crippen LogP contribution in [0.25, 0.3) is 0 Å². The maximum atomic E-state index is 11.6. The Kier molecular flexibility index (Phi) is 3.89. The fraction of sp³-hybridized carbons (Fsp3) is 0.538. The largest absolute Gasteiger partial charge is 0.313 e. The summed E-state index contributed by atoms with van der Waals surface area (Å²) in [6.45, 7) is 6.47. The molecule has 0 aliphatic carbocycles. The molecule has 0 aliphatic heterocycles. The van der Waals surface area contributed by atoms with Crippen LogP contribution in [0.5, 0.6) is 0 Å². The van der Waals surface area contributed by atoms with E-state index in [0.717, 1.165) is 18.5 Å². The normalized spacial score (nSPS) is 11.1. The molecule has 86 valence electrons. The summed E-state index contributed by atoms with van der Waals surface area (Å²) < 4.78 is 1.76. The summed E-state index contributed by atoms with van der Waals surface area (Å²) in [6, 6.07) is 7.54. The third-order valence-electron chi connectivity index (χ3n) is 2.75. The molecule has 1 aromatic heterocycles. The van der Waals surface area contributed by atoms with E-state index in [1.807, 2.05) is 26.8 Å². The summed E-state index contributed by atoms with van der Waals surface area (Å²) in [5, 5.41) is 8.88. The van der Waals surface area contributed by atoms with Crippen LogP contribution in [0.2, 0.25) is 0 Å². The Morgan fingerprint density at radius 3 is 2.69 bits per heavy atom. The Morgan fingerprint density at radius 1 is 1.44 bits per heavy atom. The molecule has 1 heterocycles. The molecule has 0 saturated heterocycles. The zero-order valence-corrected chi connectivity index (χ0v) is 10.2. The first-order valence-electron chi connectivity index (χ1n) is 5.54. The Morgan fingerprint density at radius 2 is 2.12 bits per heavy atom. The van der Waals surface area contributed by atoms with Crippen molar-refractivity contribution in [2.45, 2.75) is 40.2 Å². The number of pyridine rings is 1. The fourth-order valence-electron chi connectivity index (χ4n) is 1.65. The molecule has 0 radical (unpaired) electrons. The molecule has 3 nitrogen and oxygen atoms in total. The van der Waals surface area contributed by atoms with Gasteiger partial charge in [-0.15, -0.1) is 0 Å². The second-order valence-corrected chi connectivity index (χ2v) is 4.76. The number of aryl methyl sites for hydroxylation is 1. The van der Waals surface area contributed by atoms with E-state index in [1.165, 1.54) is 0 Å². The van der Waals surface area contributed by atoms with Crippen molar-refractivity contribution in [1.82, 2.24) is 4.57 Å². The fourth-order valence-corrected chi connectivity index (χ4v) is 1.65. The molecular weight excluding hydrogens is 200 g/mol. The molecule has 0 spiro atoms. The van der Waals surface area contributed by atoms with Gasteiger partial charge >= 0.3 is 0 Å². The number of rotatable bonds is 4. The van der Waals surface area contributed by atoms with E-state index in [-0.39, 0.29) is 11.0 Å². The Bertz CT molecular complexity index is 452. The van der Waals surface area contributed by atoms with E-state index in [4.69, 9.17) is 5.26 Å². The molecule has 16 heavy (non-hydrogen) atoms. The molecule has 0 amide bonds. The highest BCUT2D eigenvalue weighted by Crippen LogP contribution is 2.20. The Balaban J connectivity index is 2.64. The van der Waals surface area contributed by atoms with Crippen LogP contribution in [0.1, 0.15) is 32.4 Å². The summed E-state index contributed by atoms with van der Waals surface area (Å²) in [5.41, 5.74) is 0.712. The minimum absolute atomic E-state index is 0.0368. The van der Waals surface area contributed by atoms with Crippen LogP contribution in [-0.4, -0.2) is 4.57 Å². The van der Waals surface area contributed by atoms with Crippen molar-refractivity contribution in [2.75, 3.05) is 0 Å². The first-order valence-corrected chi connectivity index (χ1v) is 5.54. The van der Waals surface area contributed by atoms with Crippen molar-refractivity contribution in [1.29, 1.82) is 5.26 Å². The van der Waals surface area contributed by atoms with Gasteiger partial charge in [0, 0.05) is 18.3 Å².